The molecule has 3 unspecified atom stereocenters. The maximum Gasteiger partial charge on any atom is 0.0960 e. The molecular formula is C13H23NO2S. The third-order valence-corrected chi connectivity index (χ3v) is 5.99. The summed E-state index contributed by atoms with van der Waals surface area (Å²) in [4.78, 5) is 0. The number of thioether (sulfide) groups is 1. The van der Waals surface area contributed by atoms with Gasteiger partial charge in [0.25, 0.3) is 0 Å². The molecule has 3 rings (SSSR count). The van der Waals surface area contributed by atoms with Gasteiger partial charge in [0, 0.05) is 31.1 Å². The molecule has 4 heteroatoms. The highest BCUT2D eigenvalue weighted by molar-refractivity contribution is 8.00. The minimum Gasteiger partial charge on any atom is -0.381 e. The molecule has 0 saturated carbocycles. The van der Waals surface area contributed by atoms with Crippen molar-refractivity contribution in [3.8, 4) is 0 Å². The predicted molar refractivity (Wildman–Crippen MR) is 70.6 cm³/mol. The van der Waals surface area contributed by atoms with Crippen molar-refractivity contribution in [2.24, 2.45) is 5.92 Å². The van der Waals surface area contributed by atoms with Crippen molar-refractivity contribution in [3.05, 3.63) is 0 Å². The van der Waals surface area contributed by atoms with Crippen LogP contribution >= 0.6 is 11.8 Å². The summed E-state index contributed by atoms with van der Waals surface area (Å²) in [6.07, 6.45) is 3.61. The number of hydrogen-bond donors (Lipinski definition) is 1. The summed E-state index contributed by atoms with van der Waals surface area (Å²) in [6, 6.07) is 0.546. The van der Waals surface area contributed by atoms with E-state index in [1.165, 1.54) is 25.0 Å². The summed E-state index contributed by atoms with van der Waals surface area (Å²) in [7, 11) is 0. The van der Waals surface area contributed by atoms with Crippen molar-refractivity contribution in [1.29, 1.82) is 0 Å². The summed E-state index contributed by atoms with van der Waals surface area (Å²) < 4.78 is 11.8. The highest BCUT2D eigenvalue weighted by atomic mass is 32.2. The van der Waals surface area contributed by atoms with Gasteiger partial charge in [-0.1, -0.05) is 6.92 Å². The zero-order valence-corrected chi connectivity index (χ0v) is 11.4. The van der Waals surface area contributed by atoms with Crippen LogP contribution in [-0.4, -0.2) is 49.0 Å². The Bertz CT molecular complexity index is 270. The number of rotatable bonds is 1. The minimum absolute atomic E-state index is 0.102. The molecule has 3 aliphatic heterocycles. The monoisotopic (exact) mass is 257 g/mol. The lowest BCUT2D eigenvalue weighted by atomic mass is 9.76. The van der Waals surface area contributed by atoms with Crippen molar-refractivity contribution >= 4 is 11.8 Å². The molecule has 0 aromatic heterocycles. The Morgan fingerprint density at radius 1 is 1.24 bits per heavy atom. The van der Waals surface area contributed by atoms with E-state index in [0.717, 1.165) is 32.3 Å². The molecular weight excluding hydrogens is 234 g/mol. The normalized spacial score (nSPS) is 44.3. The van der Waals surface area contributed by atoms with E-state index in [9.17, 15) is 0 Å². The summed E-state index contributed by atoms with van der Waals surface area (Å²) in [5.41, 5.74) is 0.102. The van der Waals surface area contributed by atoms with Gasteiger partial charge in [0.2, 0.25) is 0 Å². The van der Waals surface area contributed by atoms with E-state index in [-0.39, 0.29) is 5.60 Å². The second-order valence-corrected chi connectivity index (χ2v) is 6.90. The van der Waals surface area contributed by atoms with E-state index < -0.39 is 0 Å². The predicted octanol–water partition coefficient (Wildman–Crippen LogP) is 1.67. The van der Waals surface area contributed by atoms with Crippen LogP contribution in [0.1, 0.15) is 26.2 Å². The van der Waals surface area contributed by atoms with Gasteiger partial charge < -0.3 is 14.8 Å². The fourth-order valence-corrected chi connectivity index (χ4v) is 5.08. The topological polar surface area (TPSA) is 30.5 Å². The average Bonchev–Trinajstić information content (AvgIpc) is 2.73. The number of morpholine rings is 1. The van der Waals surface area contributed by atoms with Gasteiger partial charge in [0.15, 0.2) is 0 Å². The maximum absolute atomic E-state index is 6.28. The number of nitrogens with one attached hydrogen (secondary N) is 1. The number of hydrogen-bond acceptors (Lipinski definition) is 4. The molecule has 3 aliphatic rings. The molecule has 0 aliphatic carbocycles. The summed E-state index contributed by atoms with van der Waals surface area (Å²) in [6.45, 7) is 6.10. The molecule has 0 aromatic rings. The van der Waals surface area contributed by atoms with E-state index in [1.54, 1.807) is 0 Å². The summed E-state index contributed by atoms with van der Waals surface area (Å²) in [5, 5.41) is 4.39. The molecule has 3 saturated heterocycles. The third kappa shape index (κ3) is 2.14. The van der Waals surface area contributed by atoms with Gasteiger partial charge in [-0.25, -0.2) is 0 Å². The largest absolute Gasteiger partial charge is 0.381 e. The Balaban J connectivity index is 1.79. The SMILES string of the molecule is CC1SCCC12OCCNC2C1CCOCC1. The molecule has 98 valence electrons. The van der Waals surface area contributed by atoms with Crippen LogP contribution in [0.25, 0.3) is 0 Å². The summed E-state index contributed by atoms with van der Waals surface area (Å²) >= 11 is 2.07. The van der Waals surface area contributed by atoms with Gasteiger partial charge in [-0.3, -0.25) is 0 Å². The molecule has 0 radical (unpaired) electrons. The first-order valence-electron chi connectivity index (χ1n) is 6.89. The van der Waals surface area contributed by atoms with Crippen molar-refractivity contribution in [3.63, 3.8) is 0 Å². The quantitative estimate of drug-likeness (QED) is 0.774. The molecule has 3 fully saturated rings. The molecule has 3 heterocycles. The van der Waals surface area contributed by atoms with Crippen LogP contribution in [0.4, 0.5) is 0 Å². The van der Waals surface area contributed by atoms with Gasteiger partial charge in [-0.15, -0.1) is 0 Å². The van der Waals surface area contributed by atoms with Crippen molar-refractivity contribution in [2.75, 3.05) is 32.1 Å². The highest BCUT2D eigenvalue weighted by Gasteiger charge is 2.52. The molecule has 1 N–H and O–H groups in total. The molecule has 3 nitrogen and oxygen atoms in total. The fraction of sp³-hybridized carbons (Fsp3) is 1.00. The van der Waals surface area contributed by atoms with Crippen LogP contribution in [0.3, 0.4) is 0 Å². The van der Waals surface area contributed by atoms with Crippen LogP contribution in [0.15, 0.2) is 0 Å². The first kappa shape index (κ1) is 12.3. The van der Waals surface area contributed by atoms with Crippen LogP contribution in [-0.2, 0) is 9.47 Å². The lowest BCUT2D eigenvalue weighted by molar-refractivity contribution is -0.116. The lowest BCUT2D eigenvalue weighted by Gasteiger charge is -2.48. The Kier molecular flexibility index (Phi) is 3.67. The van der Waals surface area contributed by atoms with E-state index in [4.69, 9.17) is 9.47 Å². The molecule has 0 amide bonds. The van der Waals surface area contributed by atoms with Gasteiger partial charge in [0.05, 0.1) is 12.2 Å². The Morgan fingerprint density at radius 3 is 2.76 bits per heavy atom. The van der Waals surface area contributed by atoms with E-state index in [2.05, 4.69) is 24.0 Å². The third-order valence-electron chi connectivity index (χ3n) is 4.65. The molecule has 3 atom stereocenters. The first-order valence-corrected chi connectivity index (χ1v) is 7.94. The van der Waals surface area contributed by atoms with Crippen LogP contribution in [0, 0.1) is 5.92 Å². The Hall–Kier alpha value is 0.230. The van der Waals surface area contributed by atoms with Gasteiger partial charge in [0.1, 0.15) is 0 Å². The Morgan fingerprint density at radius 2 is 2.06 bits per heavy atom. The van der Waals surface area contributed by atoms with Gasteiger partial charge in [-0.05, 0) is 30.9 Å². The second kappa shape index (κ2) is 5.08. The Labute approximate surface area is 108 Å². The van der Waals surface area contributed by atoms with Gasteiger partial charge in [-0.2, -0.15) is 11.8 Å². The fourth-order valence-electron chi connectivity index (χ4n) is 3.67. The zero-order chi connectivity index (χ0) is 11.7. The van der Waals surface area contributed by atoms with Crippen LogP contribution in [0.5, 0.6) is 0 Å². The molecule has 1 spiro atoms. The standard InChI is InChI=1S/C13H23NO2S/c1-10-13(4-9-17-10)12(14-5-8-16-13)11-2-6-15-7-3-11/h10-12,14H,2-9H2,1H3. The molecule has 0 aromatic carbocycles. The zero-order valence-electron chi connectivity index (χ0n) is 10.6. The highest BCUT2D eigenvalue weighted by Crippen LogP contribution is 2.45. The smallest absolute Gasteiger partial charge is 0.0960 e. The summed E-state index contributed by atoms with van der Waals surface area (Å²) in [5.74, 6) is 1.99. The van der Waals surface area contributed by atoms with E-state index in [0.29, 0.717) is 11.3 Å². The van der Waals surface area contributed by atoms with Crippen LogP contribution in [0.2, 0.25) is 0 Å². The van der Waals surface area contributed by atoms with Crippen molar-refractivity contribution < 1.29 is 9.47 Å². The first-order chi connectivity index (χ1) is 8.33. The van der Waals surface area contributed by atoms with Crippen molar-refractivity contribution in [2.45, 2.75) is 43.1 Å². The van der Waals surface area contributed by atoms with Crippen molar-refractivity contribution in [1.82, 2.24) is 5.32 Å². The van der Waals surface area contributed by atoms with E-state index >= 15 is 0 Å². The molecule has 0 bridgehead atoms. The maximum atomic E-state index is 6.28. The number of ether oxygens (including phenoxy) is 2. The second-order valence-electron chi connectivity index (χ2n) is 5.45. The average molecular weight is 257 g/mol. The minimum atomic E-state index is 0.102. The van der Waals surface area contributed by atoms with Gasteiger partial charge >= 0.3 is 0 Å². The molecule has 17 heavy (non-hydrogen) atoms. The van der Waals surface area contributed by atoms with E-state index in [1.807, 2.05) is 0 Å². The lowest BCUT2D eigenvalue weighted by Crippen LogP contribution is -2.64. The van der Waals surface area contributed by atoms with Crippen LogP contribution < -0.4 is 5.32 Å².